The molecule has 0 saturated heterocycles. The van der Waals surface area contributed by atoms with E-state index >= 15 is 0 Å². The van der Waals surface area contributed by atoms with Crippen LogP contribution in [0.1, 0.15) is 24.4 Å². The van der Waals surface area contributed by atoms with Crippen molar-refractivity contribution in [1.29, 1.82) is 0 Å². The zero-order valence-corrected chi connectivity index (χ0v) is 18.4. The molecule has 0 saturated carbocycles. The lowest BCUT2D eigenvalue weighted by atomic mass is 10.2. The van der Waals surface area contributed by atoms with Gasteiger partial charge in [-0.25, -0.2) is 5.43 Å². The summed E-state index contributed by atoms with van der Waals surface area (Å²) < 4.78 is 2.92. The lowest BCUT2D eigenvalue weighted by Crippen LogP contribution is -2.20. The van der Waals surface area contributed by atoms with Gasteiger partial charge in [0.25, 0.3) is 5.91 Å². The minimum absolute atomic E-state index is 0.0349. The van der Waals surface area contributed by atoms with Gasteiger partial charge in [-0.15, -0.1) is 10.2 Å². The lowest BCUT2D eigenvalue weighted by molar-refractivity contribution is -0.118. The van der Waals surface area contributed by atoms with Gasteiger partial charge in [-0.1, -0.05) is 58.0 Å². The molecule has 1 heterocycles. The van der Waals surface area contributed by atoms with Crippen molar-refractivity contribution in [3.63, 3.8) is 0 Å². The Morgan fingerprint density at radius 1 is 1.21 bits per heavy atom. The first-order valence-electron chi connectivity index (χ1n) is 8.94. The van der Waals surface area contributed by atoms with Crippen LogP contribution in [0.15, 0.2) is 69.3 Å². The molecule has 3 aromatic rings. The summed E-state index contributed by atoms with van der Waals surface area (Å²) in [4.78, 5) is 12.0. The number of nitrogens with one attached hydrogen (secondary N) is 2. The zero-order chi connectivity index (χ0) is 20.6. The van der Waals surface area contributed by atoms with Crippen LogP contribution >= 0.6 is 27.7 Å². The van der Waals surface area contributed by atoms with E-state index in [2.05, 4.69) is 42.0 Å². The van der Waals surface area contributed by atoms with Crippen LogP contribution in [0.25, 0.3) is 0 Å². The monoisotopic (exact) mass is 472 g/mol. The van der Waals surface area contributed by atoms with Crippen molar-refractivity contribution in [2.45, 2.75) is 18.1 Å². The summed E-state index contributed by atoms with van der Waals surface area (Å²) in [6.45, 7) is 2.02. The number of thioether (sulfide) groups is 1. The lowest BCUT2D eigenvalue weighted by Gasteiger charge is -2.14. The summed E-state index contributed by atoms with van der Waals surface area (Å²) in [6, 6.07) is 17.5. The maximum Gasteiger partial charge on any atom is 0.250 e. The van der Waals surface area contributed by atoms with Gasteiger partial charge >= 0.3 is 0 Å². The summed E-state index contributed by atoms with van der Waals surface area (Å²) in [6.07, 6.45) is 1.61. The van der Waals surface area contributed by atoms with Crippen LogP contribution in [0.3, 0.4) is 0 Å². The van der Waals surface area contributed by atoms with Crippen molar-refractivity contribution >= 4 is 45.5 Å². The van der Waals surface area contributed by atoms with Gasteiger partial charge < -0.3 is 9.88 Å². The van der Waals surface area contributed by atoms with Gasteiger partial charge in [0.15, 0.2) is 11.0 Å². The molecule has 1 atom stereocenters. The maximum absolute atomic E-state index is 12.0. The SMILES string of the molecule is C[C@@H](Nc1ccc(Br)cc1)c1nnc(SCC(=O)NN=Cc2ccccc2)n1C. The van der Waals surface area contributed by atoms with E-state index in [0.717, 1.165) is 21.5 Å². The average Bonchev–Trinajstić information content (AvgIpc) is 3.09. The predicted molar refractivity (Wildman–Crippen MR) is 120 cm³/mol. The van der Waals surface area contributed by atoms with Crippen LogP contribution in [0.4, 0.5) is 5.69 Å². The fraction of sp³-hybridized carbons (Fsp3) is 0.200. The van der Waals surface area contributed by atoms with E-state index < -0.39 is 0 Å². The van der Waals surface area contributed by atoms with Crippen molar-refractivity contribution in [2.75, 3.05) is 11.1 Å². The molecule has 2 N–H and O–H groups in total. The first-order valence-corrected chi connectivity index (χ1v) is 10.7. The molecule has 0 bridgehead atoms. The number of carbonyl (C=O) groups excluding carboxylic acids is 1. The number of hydrazone groups is 1. The highest BCUT2D eigenvalue weighted by molar-refractivity contribution is 9.10. The highest BCUT2D eigenvalue weighted by atomic mass is 79.9. The quantitative estimate of drug-likeness (QED) is 0.294. The Morgan fingerprint density at radius 3 is 2.66 bits per heavy atom. The van der Waals surface area contributed by atoms with E-state index in [0.29, 0.717) is 5.16 Å². The van der Waals surface area contributed by atoms with Gasteiger partial charge in [-0.05, 0) is 36.8 Å². The zero-order valence-electron chi connectivity index (χ0n) is 16.0. The van der Waals surface area contributed by atoms with Gasteiger partial charge in [0.1, 0.15) is 0 Å². The molecule has 2 aromatic carbocycles. The number of hydrogen-bond acceptors (Lipinski definition) is 6. The number of carbonyl (C=O) groups is 1. The Labute approximate surface area is 182 Å². The van der Waals surface area contributed by atoms with Crippen LogP contribution in [0.5, 0.6) is 0 Å². The topological polar surface area (TPSA) is 84.2 Å². The fourth-order valence-electron chi connectivity index (χ4n) is 2.57. The molecule has 150 valence electrons. The highest BCUT2D eigenvalue weighted by Crippen LogP contribution is 2.23. The molecule has 0 spiro atoms. The summed E-state index contributed by atoms with van der Waals surface area (Å²) in [5, 5.41) is 16.5. The Hall–Kier alpha value is -2.65. The van der Waals surface area contributed by atoms with Crippen molar-refractivity contribution < 1.29 is 4.79 Å². The van der Waals surface area contributed by atoms with Crippen LogP contribution in [0, 0.1) is 0 Å². The number of hydrogen-bond donors (Lipinski definition) is 2. The van der Waals surface area contributed by atoms with Gasteiger partial charge in [-0.2, -0.15) is 5.10 Å². The van der Waals surface area contributed by atoms with Crippen molar-refractivity contribution in [3.05, 3.63) is 70.5 Å². The van der Waals surface area contributed by atoms with E-state index in [9.17, 15) is 4.79 Å². The Balaban J connectivity index is 1.51. The molecule has 0 aliphatic heterocycles. The highest BCUT2D eigenvalue weighted by Gasteiger charge is 2.16. The average molecular weight is 473 g/mol. The molecular formula is C20H21BrN6OS. The van der Waals surface area contributed by atoms with Gasteiger partial charge in [0.2, 0.25) is 0 Å². The second-order valence-electron chi connectivity index (χ2n) is 6.27. The number of benzene rings is 2. The normalized spacial score (nSPS) is 12.1. The number of nitrogens with zero attached hydrogens (tertiary/aromatic N) is 4. The molecule has 9 heteroatoms. The summed E-state index contributed by atoms with van der Waals surface area (Å²) in [5.41, 5.74) is 4.44. The largest absolute Gasteiger partial charge is 0.375 e. The van der Waals surface area contributed by atoms with E-state index in [1.54, 1.807) is 6.21 Å². The van der Waals surface area contributed by atoms with Crippen LogP contribution in [0.2, 0.25) is 0 Å². The molecular weight excluding hydrogens is 452 g/mol. The Morgan fingerprint density at radius 2 is 1.93 bits per heavy atom. The Kier molecular flexibility index (Phi) is 7.42. The Bertz CT molecular complexity index is 974. The number of halogens is 1. The molecule has 0 radical (unpaired) electrons. The van der Waals surface area contributed by atoms with E-state index in [4.69, 9.17) is 0 Å². The number of amides is 1. The van der Waals surface area contributed by atoms with E-state index in [1.165, 1.54) is 11.8 Å². The molecule has 0 fully saturated rings. The third-order valence-corrected chi connectivity index (χ3v) is 5.57. The third-order valence-electron chi connectivity index (χ3n) is 4.02. The first-order chi connectivity index (χ1) is 14.0. The first kappa shape index (κ1) is 21.1. The molecule has 0 unspecified atom stereocenters. The van der Waals surface area contributed by atoms with Crippen LogP contribution < -0.4 is 10.7 Å². The predicted octanol–water partition coefficient (Wildman–Crippen LogP) is 3.99. The van der Waals surface area contributed by atoms with Gasteiger partial charge in [0, 0.05) is 17.2 Å². The standard InChI is InChI=1S/C20H21BrN6OS/c1-14(23-17-10-8-16(21)9-11-17)19-25-26-20(27(19)2)29-13-18(28)24-22-12-15-6-4-3-5-7-15/h3-12,14,23H,13H2,1-2H3,(H,24,28)/t14-/m1/s1. The fourth-order valence-corrected chi connectivity index (χ4v) is 3.54. The van der Waals surface area contributed by atoms with Crippen LogP contribution in [-0.4, -0.2) is 32.6 Å². The number of rotatable bonds is 8. The van der Waals surface area contributed by atoms with E-state index in [1.807, 2.05) is 73.1 Å². The molecule has 29 heavy (non-hydrogen) atoms. The maximum atomic E-state index is 12.0. The van der Waals surface area contributed by atoms with Crippen molar-refractivity contribution in [2.24, 2.45) is 12.1 Å². The molecule has 3 rings (SSSR count). The van der Waals surface area contributed by atoms with Crippen LogP contribution in [-0.2, 0) is 11.8 Å². The molecule has 1 amide bonds. The molecule has 0 aliphatic carbocycles. The summed E-state index contributed by atoms with van der Waals surface area (Å²) >= 11 is 4.75. The minimum Gasteiger partial charge on any atom is -0.375 e. The van der Waals surface area contributed by atoms with Crippen molar-refractivity contribution in [3.8, 4) is 0 Å². The minimum atomic E-state index is -0.201. The summed E-state index contributed by atoms with van der Waals surface area (Å²) in [5.74, 6) is 0.790. The van der Waals surface area contributed by atoms with Gasteiger partial charge in [0.05, 0.1) is 18.0 Å². The number of aromatic nitrogens is 3. The number of anilines is 1. The molecule has 0 aliphatic rings. The second kappa shape index (κ2) is 10.2. The summed E-state index contributed by atoms with van der Waals surface area (Å²) in [7, 11) is 1.89. The smallest absolute Gasteiger partial charge is 0.250 e. The van der Waals surface area contributed by atoms with Crippen molar-refractivity contribution in [1.82, 2.24) is 20.2 Å². The molecule has 1 aromatic heterocycles. The second-order valence-corrected chi connectivity index (χ2v) is 8.12. The van der Waals surface area contributed by atoms with Gasteiger partial charge in [-0.3, -0.25) is 4.79 Å². The third kappa shape index (κ3) is 6.16. The van der Waals surface area contributed by atoms with E-state index in [-0.39, 0.29) is 17.7 Å². The molecule has 7 nitrogen and oxygen atoms in total.